The van der Waals surface area contributed by atoms with Crippen molar-refractivity contribution in [3.05, 3.63) is 23.3 Å². The van der Waals surface area contributed by atoms with E-state index in [2.05, 4.69) is 34.3 Å². The second-order valence-corrected chi connectivity index (χ2v) is 5.19. The van der Waals surface area contributed by atoms with Gasteiger partial charge in [0.2, 0.25) is 0 Å². The van der Waals surface area contributed by atoms with E-state index in [4.69, 9.17) is 0 Å². The van der Waals surface area contributed by atoms with Crippen molar-refractivity contribution in [1.82, 2.24) is 0 Å². The maximum absolute atomic E-state index is 4.25. The van der Waals surface area contributed by atoms with Crippen molar-refractivity contribution in [2.45, 2.75) is 40.5 Å². The van der Waals surface area contributed by atoms with Crippen LogP contribution in [0.5, 0.6) is 0 Å². The van der Waals surface area contributed by atoms with Gasteiger partial charge in [-0.3, -0.25) is 0 Å². The highest BCUT2D eigenvalue weighted by molar-refractivity contribution is 5.45. The van der Waals surface area contributed by atoms with Crippen molar-refractivity contribution >= 4 is 0 Å². The summed E-state index contributed by atoms with van der Waals surface area (Å²) < 4.78 is 0. The van der Waals surface area contributed by atoms with Gasteiger partial charge in [0.1, 0.15) is 0 Å². The fourth-order valence-corrected chi connectivity index (χ4v) is 3.35. The first kappa shape index (κ1) is 9.05. The highest BCUT2D eigenvalue weighted by Gasteiger charge is 2.53. The quantitative estimate of drug-likeness (QED) is 0.567. The molecule has 0 radical (unpaired) electrons. The number of rotatable bonds is 1. The van der Waals surface area contributed by atoms with E-state index < -0.39 is 0 Å². The van der Waals surface area contributed by atoms with E-state index in [1.54, 1.807) is 5.57 Å². The topological polar surface area (TPSA) is 0 Å². The molecule has 0 aromatic heterocycles. The maximum Gasteiger partial charge on any atom is -0.0102 e. The molecule has 0 heteroatoms. The molecule has 3 aliphatic carbocycles. The molecule has 13 heavy (non-hydrogen) atoms. The minimum atomic E-state index is 0.502. The van der Waals surface area contributed by atoms with Crippen molar-refractivity contribution < 1.29 is 0 Å². The van der Waals surface area contributed by atoms with Crippen LogP contribution >= 0.6 is 0 Å². The molecule has 3 rings (SSSR count). The van der Waals surface area contributed by atoms with E-state index in [0.717, 1.165) is 11.8 Å². The summed E-state index contributed by atoms with van der Waals surface area (Å²) in [6, 6.07) is 0. The second kappa shape index (κ2) is 2.50. The highest BCUT2D eigenvalue weighted by atomic mass is 14.6. The van der Waals surface area contributed by atoms with Gasteiger partial charge in [0, 0.05) is 0 Å². The number of fused-ring (bicyclic) bond motifs is 1. The van der Waals surface area contributed by atoms with Crippen molar-refractivity contribution in [1.29, 1.82) is 0 Å². The molecule has 0 N–H and O–H groups in total. The molecule has 0 amide bonds. The van der Waals surface area contributed by atoms with Gasteiger partial charge in [0.05, 0.1) is 0 Å². The fourth-order valence-electron chi connectivity index (χ4n) is 3.35. The summed E-state index contributed by atoms with van der Waals surface area (Å²) in [4.78, 5) is 0. The summed E-state index contributed by atoms with van der Waals surface area (Å²) in [7, 11) is 0. The van der Waals surface area contributed by atoms with Crippen molar-refractivity contribution in [2.75, 3.05) is 0 Å². The van der Waals surface area contributed by atoms with Gasteiger partial charge in [-0.2, -0.15) is 0 Å². The normalized spacial score (nSPS) is 36.2. The number of hydrogen-bond acceptors (Lipinski definition) is 0. The molecule has 0 heterocycles. The molecule has 0 aliphatic heterocycles. The molecule has 0 saturated heterocycles. The predicted molar refractivity (Wildman–Crippen MR) is 57.5 cm³/mol. The Balaban J connectivity index is 2.46. The molecule has 2 atom stereocenters. The molecular weight excluding hydrogens is 156 g/mol. The van der Waals surface area contributed by atoms with Crippen molar-refractivity contribution in [2.24, 2.45) is 17.3 Å². The van der Waals surface area contributed by atoms with Crippen molar-refractivity contribution in [3.8, 4) is 0 Å². The fraction of sp³-hybridized carbons (Fsp3) is 0.692. The van der Waals surface area contributed by atoms with Crippen LogP contribution in [0, 0.1) is 17.3 Å². The van der Waals surface area contributed by atoms with Crippen LogP contribution in [-0.2, 0) is 0 Å². The molecule has 3 aliphatic rings. The van der Waals surface area contributed by atoms with Gasteiger partial charge in [-0.1, -0.05) is 32.9 Å². The van der Waals surface area contributed by atoms with Crippen LogP contribution in [0.4, 0.5) is 0 Å². The maximum atomic E-state index is 4.25. The molecule has 2 bridgehead atoms. The predicted octanol–water partition coefficient (Wildman–Crippen LogP) is 3.95. The SMILES string of the molecule is C=C1C(C)=C(CC)C2CC1C2(C)C. The second-order valence-electron chi connectivity index (χ2n) is 5.19. The Morgan fingerprint density at radius 3 is 2.46 bits per heavy atom. The lowest BCUT2D eigenvalue weighted by molar-refractivity contribution is 0.0192. The molecule has 72 valence electrons. The van der Waals surface area contributed by atoms with Crippen LogP contribution in [-0.4, -0.2) is 0 Å². The molecule has 0 spiro atoms. The lowest BCUT2D eigenvalue weighted by Gasteiger charge is -2.58. The van der Waals surface area contributed by atoms with Gasteiger partial charge in [-0.15, -0.1) is 0 Å². The van der Waals surface area contributed by atoms with E-state index in [9.17, 15) is 0 Å². The molecule has 1 saturated carbocycles. The van der Waals surface area contributed by atoms with Crippen LogP contribution in [0.25, 0.3) is 0 Å². The largest absolute Gasteiger partial charge is 0.0953 e. The van der Waals surface area contributed by atoms with E-state index in [0.29, 0.717) is 5.41 Å². The zero-order valence-corrected chi connectivity index (χ0v) is 9.28. The zero-order chi connectivity index (χ0) is 9.80. The van der Waals surface area contributed by atoms with Crippen LogP contribution in [0.2, 0.25) is 0 Å². The lowest BCUT2D eigenvalue weighted by atomic mass is 9.46. The van der Waals surface area contributed by atoms with Gasteiger partial charge in [-0.25, -0.2) is 0 Å². The lowest BCUT2D eigenvalue weighted by Crippen LogP contribution is -2.50. The van der Waals surface area contributed by atoms with Crippen LogP contribution < -0.4 is 0 Å². The summed E-state index contributed by atoms with van der Waals surface area (Å²) in [6.07, 6.45) is 2.58. The van der Waals surface area contributed by atoms with E-state index >= 15 is 0 Å². The molecule has 2 unspecified atom stereocenters. The first-order valence-electron chi connectivity index (χ1n) is 5.39. The van der Waals surface area contributed by atoms with Gasteiger partial charge < -0.3 is 0 Å². The Bertz CT molecular complexity index is 291. The van der Waals surface area contributed by atoms with Crippen molar-refractivity contribution in [3.63, 3.8) is 0 Å². The van der Waals surface area contributed by atoms with Crippen LogP contribution in [0.3, 0.4) is 0 Å². The average molecular weight is 176 g/mol. The smallest absolute Gasteiger partial charge is 0.0102 e. The standard InChI is InChI=1S/C13H20/c1-6-10-8(2)9(3)11-7-12(10)13(11,4)5/h11-12H,3,6-7H2,1-2,4-5H3. The average Bonchev–Trinajstić information content (AvgIpc) is 2.08. The Morgan fingerprint density at radius 1 is 1.38 bits per heavy atom. The molecule has 0 aromatic carbocycles. The van der Waals surface area contributed by atoms with Crippen LogP contribution in [0.1, 0.15) is 40.5 Å². The summed E-state index contributed by atoms with van der Waals surface area (Å²) >= 11 is 0. The van der Waals surface area contributed by atoms with Gasteiger partial charge >= 0.3 is 0 Å². The van der Waals surface area contributed by atoms with E-state index in [-0.39, 0.29) is 0 Å². The molecule has 0 nitrogen and oxygen atoms in total. The Hall–Kier alpha value is -0.520. The summed E-state index contributed by atoms with van der Waals surface area (Å²) in [5.41, 5.74) is 5.12. The minimum Gasteiger partial charge on any atom is -0.0953 e. The number of allylic oxidation sites excluding steroid dienone is 3. The third-order valence-corrected chi connectivity index (χ3v) is 4.45. The number of hydrogen-bond donors (Lipinski definition) is 0. The first-order chi connectivity index (χ1) is 6.00. The Labute approximate surface area is 81.7 Å². The van der Waals surface area contributed by atoms with Gasteiger partial charge in [0.15, 0.2) is 0 Å². The zero-order valence-electron chi connectivity index (χ0n) is 9.28. The molecule has 0 aromatic rings. The summed E-state index contributed by atoms with van der Waals surface area (Å²) in [5.74, 6) is 1.63. The van der Waals surface area contributed by atoms with E-state index in [1.807, 2.05) is 0 Å². The highest BCUT2D eigenvalue weighted by Crippen LogP contribution is 2.63. The summed E-state index contributed by atoms with van der Waals surface area (Å²) in [6.45, 7) is 13.6. The first-order valence-corrected chi connectivity index (χ1v) is 5.39. The monoisotopic (exact) mass is 176 g/mol. The Morgan fingerprint density at radius 2 is 2.00 bits per heavy atom. The minimum absolute atomic E-state index is 0.502. The summed E-state index contributed by atoms with van der Waals surface area (Å²) in [5, 5.41) is 0. The Kier molecular flexibility index (Phi) is 1.74. The van der Waals surface area contributed by atoms with Crippen LogP contribution in [0.15, 0.2) is 23.3 Å². The third kappa shape index (κ3) is 0.920. The van der Waals surface area contributed by atoms with E-state index in [1.165, 1.54) is 24.0 Å². The molecule has 1 fully saturated rings. The van der Waals surface area contributed by atoms with Gasteiger partial charge in [-0.05, 0) is 48.2 Å². The third-order valence-electron chi connectivity index (χ3n) is 4.45. The molecular formula is C13H20. The van der Waals surface area contributed by atoms with Gasteiger partial charge in [0.25, 0.3) is 0 Å².